The maximum absolute atomic E-state index is 6.74. The van der Waals surface area contributed by atoms with Crippen molar-refractivity contribution in [1.82, 2.24) is 4.57 Å². The Morgan fingerprint density at radius 2 is 1.21 bits per heavy atom. The van der Waals surface area contributed by atoms with Crippen LogP contribution in [-0.4, -0.2) is 4.57 Å². The maximum Gasteiger partial charge on any atom is 0.171 e. The lowest BCUT2D eigenvalue weighted by molar-refractivity contribution is 0.668. The Hall–Kier alpha value is -3.14. The minimum Gasteiger partial charge on any atom is -0.454 e. The first-order valence-corrected chi connectivity index (χ1v) is 16.7. The summed E-state index contributed by atoms with van der Waals surface area (Å²) in [5, 5.41) is 2.24. The fourth-order valence-electron chi connectivity index (χ4n) is 6.02. The van der Waals surface area contributed by atoms with Crippen LogP contribution in [0.5, 0.6) is 0 Å². The summed E-state index contributed by atoms with van der Waals surface area (Å²) in [6.45, 7) is 6.52. The van der Waals surface area contributed by atoms with Crippen LogP contribution in [0.4, 0.5) is 0 Å². The van der Waals surface area contributed by atoms with Crippen molar-refractivity contribution in [2.75, 3.05) is 0 Å². The van der Waals surface area contributed by atoms with E-state index in [-0.39, 0.29) is 0 Å². The molecular weight excluding hydrogens is 579 g/mol. The number of aryl methyl sites for hydroxylation is 3. The summed E-state index contributed by atoms with van der Waals surface area (Å²) in [5.41, 5.74) is 8.63. The van der Waals surface area contributed by atoms with Crippen molar-refractivity contribution >= 4 is 138 Å². The number of nitrogens with zero attached hydrogens (tertiary/aromatic N) is 1. The van der Waals surface area contributed by atoms with Crippen molar-refractivity contribution < 1.29 is 8.83 Å². The maximum atomic E-state index is 6.74. The van der Waals surface area contributed by atoms with E-state index < -0.39 is 0 Å². The van der Waals surface area contributed by atoms with Gasteiger partial charge in [0.05, 0.1) is 33.7 Å². The molecule has 0 N–H and O–H groups in total. The molecule has 8 aromatic heterocycles. The van der Waals surface area contributed by atoms with Gasteiger partial charge in [-0.15, -0.1) is 56.7 Å². The molecule has 0 bridgehead atoms. The number of hydrogen-bond donors (Lipinski definition) is 0. The molecule has 0 saturated carbocycles. The average molecular weight is 596 g/mol. The highest BCUT2D eigenvalue weighted by Gasteiger charge is 2.26. The van der Waals surface area contributed by atoms with E-state index in [9.17, 15) is 0 Å². The molecule has 188 valence electrons. The summed E-state index contributed by atoms with van der Waals surface area (Å²) in [4.78, 5) is 2.70. The lowest BCUT2D eigenvalue weighted by atomic mass is 10.2. The quantitative estimate of drug-likeness (QED) is 0.189. The van der Waals surface area contributed by atoms with Gasteiger partial charge in [-0.1, -0.05) is 17.7 Å². The van der Waals surface area contributed by atoms with E-state index in [1.165, 1.54) is 58.4 Å². The summed E-state index contributed by atoms with van der Waals surface area (Å²) in [5.74, 6) is 0. The molecule has 0 aliphatic rings. The fourth-order valence-corrected chi connectivity index (χ4v) is 12.6. The second-order valence-corrected chi connectivity index (χ2v) is 15.9. The van der Waals surface area contributed by atoms with Gasteiger partial charge in [-0.25, -0.2) is 0 Å². The third kappa shape index (κ3) is 2.66. The lowest BCUT2D eigenvalue weighted by Gasteiger charge is -2.07. The second kappa shape index (κ2) is 7.13. The van der Waals surface area contributed by atoms with Crippen molar-refractivity contribution in [2.45, 2.75) is 20.8 Å². The van der Waals surface area contributed by atoms with Crippen LogP contribution >= 0.6 is 56.7 Å². The molecule has 39 heavy (non-hydrogen) atoms. The molecule has 10 rings (SSSR count). The second-order valence-electron chi connectivity index (χ2n) is 10.3. The van der Waals surface area contributed by atoms with E-state index in [1.807, 2.05) is 56.7 Å². The van der Waals surface area contributed by atoms with Gasteiger partial charge in [0.15, 0.2) is 11.2 Å². The van der Waals surface area contributed by atoms with Crippen molar-refractivity contribution in [3.63, 3.8) is 0 Å². The zero-order valence-corrected chi connectivity index (χ0v) is 25.0. The third-order valence-corrected chi connectivity index (χ3v) is 13.8. The molecule has 0 aliphatic carbocycles. The molecule has 8 heterocycles. The highest BCUT2D eigenvalue weighted by atomic mass is 32.1. The minimum absolute atomic E-state index is 0.916. The molecule has 0 spiro atoms. The molecule has 0 unspecified atom stereocenters. The van der Waals surface area contributed by atoms with Gasteiger partial charge in [0.25, 0.3) is 0 Å². The average Bonchev–Trinajstić information content (AvgIpc) is 3.73. The normalized spacial score (nSPS) is 13.0. The van der Waals surface area contributed by atoms with Crippen molar-refractivity contribution in [1.29, 1.82) is 0 Å². The zero-order valence-electron chi connectivity index (χ0n) is 20.9. The Bertz CT molecular complexity index is 2630. The van der Waals surface area contributed by atoms with E-state index in [0.29, 0.717) is 0 Å². The monoisotopic (exact) mass is 595 g/mol. The third-order valence-electron chi connectivity index (χ3n) is 7.69. The molecular formula is C31H17NO2S5. The van der Waals surface area contributed by atoms with E-state index in [1.54, 1.807) is 0 Å². The van der Waals surface area contributed by atoms with Gasteiger partial charge in [-0.3, -0.25) is 0 Å². The molecule has 0 aliphatic heterocycles. The molecule has 8 heteroatoms. The van der Waals surface area contributed by atoms with Gasteiger partial charge in [0, 0.05) is 35.6 Å². The zero-order chi connectivity index (χ0) is 25.7. The molecule has 3 nitrogen and oxygen atoms in total. The standard InChI is InChI=1S/C31H17NO2S5/c1-12-4-6-15(7-5-12)32-22-16-10-19-17(26-25(34-19)30-31(39-26)28-21(38-30)9-14(3)36-28)11-18(16)33-24(22)29-23(32)27-20(37-29)8-13(2)35-27/h4-11H,1-3H3. The number of furan rings is 2. The Labute approximate surface area is 240 Å². The van der Waals surface area contributed by atoms with Gasteiger partial charge < -0.3 is 13.4 Å². The van der Waals surface area contributed by atoms with E-state index >= 15 is 0 Å². The predicted octanol–water partition coefficient (Wildman–Crippen LogP) is 12.1. The highest BCUT2D eigenvalue weighted by molar-refractivity contribution is 7.41. The Morgan fingerprint density at radius 3 is 2.03 bits per heavy atom. The van der Waals surface area contributed by atoms with Crippen LogP contribution in [-0.2, 0) is 0 Å². The number of aromatic nitrogens is 1. The van der Waals surface area contributed by atoms with Crippen LogP contribution in [0.15, 0.2) is 57.4 Å². The molecule has 0 fully saturated rings. The minimum atomic E-state index is 0.916. The highest BCUT2D eigenvalue weighted by Crippen LogP contribution is 2.52. The van der Waals surface area contributed by atoms with E-state index in [4.69, 9.17) is 8.83 Å². The number of benzene rings is 2. The number of hydrogen-bond acceptors (Lipinski definition) is 7. The Morgan fingerprint density at radius 1 is 0.538 bits per heavy atom. The fraction of sp³-hybridized carbons (Fsp3) is 0.0968. The molecule has 0 amide bonds. The van der Waals surface area contributed by atoms with Gasteiger partial charge in [0.2, 0.25) is 0 Å². The summed E-state index contributed by atoms with van der Waals surface area (Å²) in [6, 6.07) is 17.8. The number of fused-ring (bicyclic) bond motifs is 14. The topological polar surface area (TPSA) is 31.2 Å². The molecule has 10 aromatic rings. The predicted molar refractivity (Wildman–Crippen MR) is 174 cm³/mol. The Balaban J connectivity index is 1.34. The largest absolute Gasteiger partial charge is 0.454 e. The first-order chi connectivity index (χ1) is 19.0. The lowest BCUT2D eigenvalue weighted by Crippen LogP contribution is -1.93. The Kier molecular flexibility index (Phi) is 3.96. The number of thiophene rings is 5. The van der Waals surface area contributed by atoms with Crippen LogP contribution in [0.2, 0.25) is 0 Å². The van der Waals surface area contributed by atoms with E-state index in [2.05, 4.69) is 73.9 Å². The number of rotatable bonds is 1. The molecule has 0 radical (unpaired) electrons. The molecule has 2 aromatic carbocycles. The van der Waals surface area contributed by atoms with E-state index in [0.717, 1.165) is 44.3 Å². The van der Waals surface area contributed by atoms with Gasteiger partial charge >= 0.3 is 0 Å². The molecule has 0 saturated heterocycles. The van der Waals surface area contributed by atoms with Gasteiger partial charge in [0.1, 0.15) is 16.7 Å². The van der Waals surface area contributed by atoms with Crippen LogP contribution in [0.25, 0.3) is 87.4 Å². The first-order valence-electron chi connectivity index (χ1n) is 12.7. The van der Waals surface area contributed by atoms with Crippen LogP contribution < -0.4 is 0 Å². The summed E-state index contributed by atoms with van der Waals surface area (Å²) in [7, 11) is 0. The summed E-state index contributed by atoms with van der Waals surface area (Å²) >= 11 is 9.30. The van der Waals surface area contributed by atoms with Crippen molar-refractivity contribution in [2.24, 2.45) is 0 Å². The van der Waals surface area contributed by atoms with Crippen molar-refractivity contribution in [3.8, 4) is 5.69 Å². The summed E-state index contributed by atoms with van der Waals surface area (Å²) < 4.78 is 26.3. The van der Waals surface area contributed by atoms with Gasteiger partial charge in [-0.2, -0.15) is 0 Å². The van der Waals surface area contributed by atoms with Gasteiger partial charge in [-0.05, 0) is 57.2 Å². The smallest absolute Gasteiger partial charge is 0.171 e. The summed E-state index contributed by atoms with van der Waals surface area (Å²) in [6.07, 6.45) is 0. The molecule has 0 atom stereocenters. The first kappa shape index (κ1) is 21.7. The van der Waals surface area contributed by atoms with Crippen molar-refractivity contribution in [3.05, 3.63) is 63.8 Å². The van der Waals surface area contributed by atoms with Crippen LogP contribution in [0, 0.1) is 20.8 Å². The van der Waals surface area contributed by atoms with Crippen LogP contribution in [0.1, 0.15) is 15.3 Å². The van der Waals surface area contributed by atoms with Crippen LogP contribution in [0.3, 0.4) is 0 Å². The SMILES string of the molecule is Cc1ccc(-n2c3c4cc5oc6c(sc7c8sc(C)cc8sc67)c5cc4oc3c3sc4cc(C)sc4c32)cc1.